The average Bonchev–Trinajstić information content (AvgIpc) is 3.28. The molecule has 0 radical (unpaired) electrons. The summed E-state index contributed by atoms with van der Waals surface area (Å²) in [6.07, 6.45) is 2.06. The van der Waals surface area contributed by atoms with Gasteiger partial charge in [0.1, 0.15) is 0 Å². The summed E-state index contributed by atoms with van der Waals surface area (Å²) < 4.78 is 24.5. The number of thiazole rings is 1. The van der Waals surface area contributed by atoms with Crippen molar-refractivity contribution in [2.24, 2.45) is 0 Å². The van der Waals surface area contributed by atoms with Gasteiger partial charge >= 0.3 is 0 Å². The Bertz CT molecular complexity index is 1420. The normalized spacial score (nSPS) is 14.5. The van der Waals surface area contributed by atoms with E-state index in [-0.39, 0.29) is 5.91 Å². The summed E-state index contributed by atoms with van der Waals surface area (Å²) in [5, 5.41) is 0.859. The van der Waals surface area contributed by atoms with Crippen molar-refractivity contribution in [2.45, 2.75) is 11.3 Å². The molecule has 1 amide bonds. The molecular weight excluding hydrogens is 466 g/mol. The molecule has 0 bridgehead atoms. The number of amides is 1. The number of sulfone groups is 1. The fraction of sp³-hybridized carbons (Fsp3) is 0.231. The lowest BCUT2D eigenvalue weighted by Gasteiger charge is -2.34. The Kier molecular flexibility index (Phi) is 6.10. The first-order valence-electron chi connectivity index (χ1n) is 11.1. The maximum absolute atomic E-state index is 13.0. The average molecular weight is 492 g/mol. The van der Waals surface area contributed by atoms with Crippen LogP contribution in [0.1, 0.15) is 21.5 Å². The Morgan fingerprint density at radius 3 is 2.26 bits per heavy atom. The van der Waals surface area contributed by atoms with Crippen molar-refractivity contribution < 1.29 is 13.2 Å². The van der Waals surface area contributed by atoms with Crippen LogP contribution in [-0.2, 0) is 16.3 Å². The number of hydrogen-bond donors (Lipinski definition) is 0. The van der Waals surface area contributed by atoms with Crippen LogP contribution in [0.2, 0.25) is 0 Å². The SMILES string of the molecule is CS(=O)(=O)c1ccc2nc(N3CCN(C(=O)c4ccc(Cc5ccccc5)cc4)CC3)sc2c1. The number of fused-ring (bicyclic) bond motifs is 1. The summed E-state index contributed by atoms with van der Waals surface area (Å²) in [4.78, 5) is 22.1. The molecule has 6 nitrogen and oxygen atoms in total. The number of anilines is 1. The summed E-state index contributed by atoms with van der Waals surface area (Å²) in [7, 11) is -3.25. The van der Waals surface area contributed by atoms with Crippen molar-refractivity contribution in [3.05, 3.63) is 89.5 Å². The third-order valence-corrected chi connectivity index (χ3v) is 8.26. The lowest BCUT2D eigenvalue weighted by Crippen LogP contribution is -2.48. The quantitative estimate of drug-likeness (QED) is 0.417. The number of rotatable bonds is 5. The monoisotopic (exact) mass is 491 g/mol. The highest BCUT2D eigenvalue weighted by Crippen LogP contribution is 2.31. The summed E-state index contributed by atoms with van der Waals surface area (Å²) in [5.41, 5.74) is 3.93. The summed E-state index contributed by atoms with van der Waals surface area (Å²) in [6, 6.07) is 23.2. The van der Waals surface area contributed by atoms with Crippen LogP contribution >= 0.6 is 11.3 Å². The first kappa shape index (κ1) is 22.6. The van der Waals surface area contributed by atoms with Gasteiger partial charge in [-0.05, 0) is 47.9 Å². The van der Waals surface area contributed by atoms with Crippen LogP contribution in [0.5, 0.6) is 0 Å². The van der Waals surface area contributed by atoms with Gasteiger partial charge in [-0.2, -0.15) is 0 Å². The van der Waals surface area contributed by atoms with E-state index in [2.05, 4.69) is 22.0 Å². The second-order valence-electron chi connectivity index (χ2n) is 8.54. The van der Waals surface area contributed by atoms with E-state index in [0.29, 0.717) is 36.6 Å². The molecule has 3 aromatic carbocycles. The van der Waals surface area contributed by atoms with Crippen LogP contribution in [0, 0.1) is 0 Å². The third-order valence-electron chi connectivity index (χ3n) is 6.07. The minimum Gasteiger partial charge on any atom is -0.345 e. The Morgan fingerprint density at radius 2 is 1.59 bits per heavy atom. The van der Waals surface area contributed by atoms with Crippen molar-refractivity contribution in [3.8, 4) is 0 Å². The van der Waals surface area contributed by atoms with Gasteiger partial charge in [-0.1, -0.05) is 53.8 Å². The van der Waals surface area contributed by atoms with Crippen molar-refractivity contribution in [1.29, 1.82) is 0 Å². The number of benzene rings is 3. The minimum absolute atomic E-state index is 0.0491. The van der Waals surface area contributed by atoms with Gasteiger partial charge in [-0.15, -0.1) is 0 Å². The lowest BCUT2D eigenvalue weighted by molar-refractivity contribution is 0.0746. The van der Waals surface area contributed by atoms with Gasteiger partial charge in [0.25, 0.3) is 5.91 Å². The number of aromatic nitrogens is 1. The summed E-state index contributed by atoms with van der Waals surface area (Å²) >= 11 is 1.49. The fourth-order valence-electron chi connectivity index (χ4n) is 4.14. The Hall–Kier alpha value is -3.23. The van der Waals surface area contributed by atoms with Crippen molar-refractivity contribution in [2.75, 3.05) is 37.3 Å². The predicted octanol–water partition coefficient (Wildman–Crippen LogP) is 4.25. The molecule has 0 atom stereocenters. The maximum Gasteiger partial charge on any atom is 0.253 e. The second-order valence-corrected chi connectivity index (χ2v) is 11.6. The van der Waals surface area contributed by atoms with Crippen LogP contribution in [0.4, 0.5) is 5.13 Å². The van der Waals surface area contributed by atoms with E-state index in [9.17, 15) is 13.2 Å². The Morgan fingerprint density at radius 1 is 0.912 bits per heavy atom. The van der Waals surface area contributed by atoms with E-state index in [1.165, 1.54) is 28.7 Å². The van der Waals surface area contributed by atoms with Gasteiger partial charge in [0, 0.05) is 38.0 Å². The van der Waals surface area contributed by atoms with Crippen LogP contribution < -0.4 is 4.90 Å². The Labute approximate surface area is 203 Å². The molecule has 174 valence electrons. The highest BCUT2D eigenvalue weighted by Gasteiger charge is 2.24. The zero-order valence-corrected chi connectivity index (χ0v) is 20.5. The molecule has 1 aliphatic heterocycles. The lowest BCUT2D eigenvalue weighted by atomic mass is 10.0. The molecule has 34 heavy (non-hydrogen) atoms. The number of piperazine rings is 1. The van der Waals surface area contributed by atoms with Crippen LogP contribution in [0.3, 0.4) is 0 Å². The van der Waals surface area contributed by atoms with Gasteiger partial charge < -0.3 is 9.80 Å². The number of nitrogens with zero attached hydrogens (tertiary/aromatic N) is 3. The van der Waals surface area contributed by atoms with E-state index in [1.807, 2.05) is 47.4 Å². The molecule has 0 unspecified atom stereocenters. The molecule has 0 N–H and O–H groups in total. The van der Waals surface area contributed by atoms with E-state index in [0.717, 1.165) is 21.8 Å². The smallest absolute Gasteiger partial charge is 0.253 e. The topological polar surface area (TPSA) is 70.6 Å². The van der Waals surface area contributed by atoms with Crippen LogP contribution in [0.25, 0.3) is 10.2 Å². The maximum atomic E-state index is 13.0. The van der Waals surface area contributed by atoms with Crippen LogP contribution in [0.15, 0.2) is 77.7 Å². The van der Waals surface area contributed by atoms with E-state index in [1.54, 1.807) is 18.2 Å². The standard InChI is InChI=1S/C26H25N3O3S2/c1-34(31,32)22-11-12-23-24(18-22)33-26(27-23)29-15-13-28(14-16-29)25(30)21-9-7-20(8-10-21)17-19-5-3-2-4-6-19/h2-12,18H,13-17H2,1H3. The Balaban J connectivity index is 1.22. The molecule has 1 aliphatic rings. The molecule has 4 aromatic rings. The van der Waals surface area contributed by atoms with Crippen molar-refractivity contribution >= 4 is 42.4 Å². The molecule has 0 saturated carbocycles. The third kappa shape index (κ3) is 4.83. The van der Waals surface area contributed by atoms with E-state index in [4.69, 9.17) is 0 Å². The van der Waals surface area contributed by atoms with Gasteiger partial charge in [-0.3, -0.25) is 4.79 Å². The van der Waals surface area contributed by atoms with Crippen LogP contribution in [-0.4, -0.2) is 56.6 Å². The van der Waals surface area contributed by atoms with Gasteiger partial charge in [0.15, 0.2) is 15.0 Å². The van der Waals surface area contributed by atoms with E-state index < -0.39 is 9.84 Å². The number of carbonyl (C=O) groups excluding carboxylic acids is 1. The highest BCUT2D eigenvalue weighted by atomic mass is 32.2. The molecule has 1 saturated heterocycles. The minimum atomic E-state index is -3.25. The van der Waals surface area contributed by atoms with Crippen molar-refractivity contribution in [3.63, 3.8) is 0 Å². The van der Waals surface area contributed by atoms with Crippen molar-refractivity contribution in [1.82, 2.24) is 9.88 Å². The molecule has 5 rings (SSSR count). The molecular formula is C26H25N3O3S2. The number of hydrogen-bond acceptors (Lipinski definition) is 6. The molecule has 1 aromatic heterocycles. The molecule has 0 spiro atoms. The first-order chi connectivity index (χ1) is 16.4. The molecule has 2 heterocycles. The molecule has 1 fully saturated rings. The van der Waals surface area contributed by atoms with Gasteiger partial charge in [0.2, 0.25) is 0 Å². The largest absolute Gasteiger partial charge is 0.345 e. The predicted molar refractivity (Wildman–Crippen MR) is 137 cm³/mol. The first-order valence-corrected chi connectivity index (χ1v) is 13.9. The second kappa shape index (κ2) is 9.19. The summed E-state index contributed by atoms with van der Waals surface area (Å²) in [6.45, 7) is 2.62. The fourth-order valence-corrected chi connectivity index (χ4v) is 5.92. The molecule has 8 heteroatoms. The molecule has 0 aliphatic carbocycles. The number of carbonyl (C=O) groups is 1. The zero-order valence-electron chi connectivity index (χ0n) is 18.8. The van der Waals surface area contributed by atoms with Gasteiger partial charge in [0.05, 0.1) is 15.1 Å². The zero-order chi connectivity index (χ0) is 23.7. The van der Waals surface area contributed by atoms with Gasteiger partial charge in [-0.25, -0.2) is 13.4 Å². The highest BCUT2D eigenvalue weighted by molar-refractivity contribution is 7.90. The summed E-state index contributed by atoms with van der Waals surface area (Å²) in [5.74, 6) is 0.0491. The van der Waals surface area contributed by atoms with E-state index >= 15 is 0 Å².